The van der Waals surface area contributed by atoms with Gasteiger partial charge >= 0.3 is 0 Å². The van der Waals surface area contributed by atoms with Crippen LogP contribution in [0.25, 0.3) is 0 Å². The fourth-order valence-electron chi connectivity index (χ4n) is 1.24. The van der Waals surface area contributed by atoms with Gasteiger partial charge in [-0.15, -0.1) is 0 Å². The molecule has 2 aromatic heterocycles. The van der Waals surface area contributed by atoms with E-state index in [9.17, 15) is 4.79 Å². The Hall–Kier alpha value is -1.66. The Labute approximate surface area is 117 Å². The maximum absolute atomic E-state index is 11.9. The van der Waals surface area contributed by atoms with Gasteiger partial charge in [-0.2, -0.15) is 0 Å². The predicted octanol–water partition coefficient (Wildman–Crippen LogP) is 2.73. The smallest absolute Gasteiger partial charge is 0.277 e. The first-order chi connectivity index (χ1) is 8.56. The van der Waals surface area contributed by atoms with Gasteiger partial charge in [-0.25, -0.2) is 9.97 Å². The number of carbonyl (C=O) groups is 1. The van der Waals surface area contributed by atoms with E-state index in [1.54, 1.807) is 18.3 Å². The van der Waals surface area contributed by atoms with Crippen molar-refractivity contribution in [3.63, 3.8) is 0 Å². The van der Waals surface area contributed by atoms with E-state index in [1.807, 2.05) is 0 Å². The third-order valence-electron chi connectivity index (χ3n) is 2.05. The number of halogens is 2. The molecule has 0 unspecified atom stereocenters. The molecular formula is C11H8BrClN4O. The van der Waals surface area contributed by atoms with Crippen LogP contribution in [0.4, 0.5) is 11.6 Å². The molecule has 0 fully saturated rings. The lowest BCUT2D eigenvalue weighted by Crippen LogP contribution is -2.15. The Kier molecular flexibility index (Phi) is 3.78. The van der Waals surface area contributed by atoms with Crippen molar-refractivity contribution in [1.82, 2.24) is 9.97 Å². The Morgan fingerprint density at radius 1 is 1.33 bits per heavy atom. The summed E-state index contributed by atoms with van der Waals surface area (Å²) in [5, 5.41) is 2.82. The number of nitrogens with two attached hydrogens (primary N) is 1. The number of anilines is 2. The van der Waals surface area contributed by atoms with E-state index in [-0.39, 0.29) is 16.5 Å². The molecule has 2 rings (SSSR count). The van der Waals surface area contributed by atoms with Crippen molar-refractivity contribution in [1.29, 1.82) is 0 Å². The fraction of sp³-hybridized carbons (Fsp3) is 0. The summed E-state index contributed by atoms with van der Waals surface area (Å²) < 4.78 is 0.820. The van der Waals surface area contributed by atoms with Crippen molar-refractivity contribution in [2.24, 2.45) is 0 Å². The van der Waals surface area contributed by atoms with Crippen molar-refractivity contribution < 1.29 is 4.79 Å². The maximum atomic E-state index is 11.9. The zero-order valence-corrected chi connectivity index (χ0v) is 11.4. The molecule has 0 bridgehead atoms. The Bertz CT molecular complexity index is 588. The molecule has 92 valence electrons. The lowest BCUT2D eigenvalue weighted by Gasteiger charge is -2.05. The predicted molar refractivity (Wildman–Crippen MR) is 73.5 cm³/mol. The molecule has 0 radical (unpaired) electrons. The summed E-state index contributed by atoms with van der Waals surface area (Å²) in [6.45, 7) is 0. The summed E-state index contributed by atoms with van der Waals surface area (Å²) in [5.41, 5.74) is 5.58. The number of pyridine rings is 2. The highest BCUT2D eigenvalue weighted by Crippen LogP contribution is 2.17. The SMILES string of the molecule is Nc1ccc(Cl)c(C(=O)Nc2ccc(Br)cn2)n1. The van der Waals surface area contributed by atoms with Gasteiger partial charge in [0.05, 0.1) is 5.02 Å². The third kappa shape index (κ3) is 2.96. The zero-order chi connectivity index (χ0) is 13.1. The third-order valence-corrected chi connectivity index (χ3v) is 2.83. The van der Waals surface area contributed by atoms with Gasteiger partial charge in [-0.1, -0.05) is 11.6 Å². The number of carbonyl (C=O) groups excluding carboxylic acids is 1. The quantitative estimate of drug-likeness (QED) is 0.888. The van der Waals surface area contributed by atoms with Gasteiger partial charge in [-0.05, 0) is 40.2 Å². The first-order valence-corrected chi connectivity index (χ1v) is 6.08. The second-order valence-corrected chi connectivity index (χ2v) is 4.71. The highest BCUT2D eigenvalue weighted by molar-refractivity contribution is 9.10. The summed E-state index contributed by atoms with van der Waals surface area (Å²) in [6, 6.07) is 6.46. The minimum Gasteiger partial charge on any atom is -0.384 e. The molecule has 0 saturated heterocycles. The number of hydrogen-bond donors (Lipinski definition) is 2. The van der Waals surface area contributed by atoms with Crippen LogP contribution in [-0.2, 0) is 0 Å². The first-order valence-electron chi connectivity index (χ1n) is 4.91. The average Bonchev–Trinajstić information content (AvgIpc) is 2.35. The van der Waals surface area contributed by atoms with Crippen LogP contribution < -0.4 is 11.1 Å². The molecule has 0 aliphatic heterocycles. The minimum atomic E-state index is -0.456. The summed E-state index contributed by atoms with van der Waals surface area (Å²) >= 11 is 9.13. The van der Waals surface area contributed by atoms with E-state index in [2.05, 4.69) is 31.2 Å². The Morgan fingerprint density at radius 3 is 2.78 bits per heavy atom. The van der Waals surface area contributed by atoms with Crippen LogP contribution in [0.3, 0.4) is 0 Å². The normalized spacial score (nSPS) is 10.1. The first kappa shape index (κ1) is 12.8. The molecule has 0 aliphatic carbocycles. The second kappa shape index (κ2) is 5.32. The summed E-state index contributed by atoms with van der Waals surface area (Å²) in [5.74, 6) is 0.180. The lowest BCUT2D eigenvalue weighted by atomic mass is 10.3. The van der Waals surface area contributed by atoms with Crippen molar-refractivity contribution in [2.75, 3.05) is 11.1 Å². The molecule has 0 spiro atoms. The highest BCUT2D eigenvalue weighted by Gasteiger charge is 2.13. The molecule has 3 N–H and O–H groups in total. The van der Waals surface area contributed by atoms with Crippen molar-refractivity contribution in [3.8, 4) is 0 Å². The van der Waals surface area contributed by atoms with Crippen LogP contribution in [-0.4, -0.2) is 15.9 Å². The van der Waals surface area contributed by atoms with Crippen molar-refractivity contribution in [2.45, 2.75) is 0 Å². The van der Waals surface area contributed by atoms with Crippen LogP contribution in [0, 0.1) is 0 Å². The molecule has 0 aliphatic rings. The van der Waals surface area contributed by atoms with Gasteiger partial charge in [0.1, 0.15) is 17.3 Å². The van der Waals surface area contributed by atoms with Crippen LogP contribution in [0.5, 0.6) is 0 Å². The monoisotopic (exact) mass is 326 g/mol. The van der Waals surface area contributed by atoms with Crippen LogP contribution in [0.1, 0.15) is 10.5 Å². The average molecular weight is 328 g/mol. The fourth-order valence-corrected chi connectivity index (χ4v) is 1.67. The van der Waals surface area contributed by atoms with Gasteiger partial charge < -0.3 is 11.1 Å². The summed E-state index contributed by atoms with van der Waals surface area (Å²) in [4.78, 5) is 19.8. The molecule has 18 heavy (non-hydrogen) atoms. The summed E-state index contributed by atoms with van der Waals surface area (Å²) in [6.07, 6.45) is 1.57. The van der Waals surface area contributed by atoms with E-state index in [4.69, 9.17) is 17.3 Å². The van der Waals surface area contributed by atoms with Crippen molar-refractivity contribution >= 4 is 45.1 Å². The number of hydrogen-bond acceptors (Lipinski definition) is 4. The number of rotatable bonds is 2. The zero-order valence-electron chi connectivity index (χ0n) is 9.02. The van der Waals surface area contributed by atoms with E-state index < -0.39 is 5.91 Å². The van der Waals surface area contributed by atoms with Crippen LogP contribution in [0.2, 0.25) is 5.02 Å². The van der Waals surface area contributed by atoms with E-state index in [1.165, 1.54) is 12.1 Å². The van der Waals surface area contributed by atoms with Crippen LogP contribution in [0.15, 0.2) is 34.9 Å². The maximum Gasteiger partial charge on any atom is 0.277 e. The molecule has 1 amide bonds. The molecular weight excluding hydrogens is 320 g/mol. The van der Waals surface area contributed by atoms with Crippen molar-refractivity contribution in [3.05, 3.63) is 45.7 Å². The van der Waals surface area contributed by atoms with E-state index in [0.717, 1.165) is 4.47 Å². The number of nitrogens with zero attached hydrogens (tertiary/aromatic N) is 2. The van der Waals surface area contributed by atoms with Crippen LogP contribution >= 0.6 is 27.5 Å². The topological polar surface area (TPSA) is 80.9 Å². The van der Waals surface area contributed by atoms with Gasteiger partial charge in [0.2, 0.25) is 0 Å². The number of amides is 1. The Morgan fingerprint density at radius 2 is 2.11 bits per heavy atom. The van der Waals surface area contributed by atoms with Gasteiger partial charge in [0, 0.05) is 10.7 Å². The Balaban J connectivity index is 2.21. The number of nitrogen functional groups attached to an aromatic ring is 1. The molecule has 2 aromatic rings. The largest absolute Gasteiger partial charge is 0.384 e. The second-order valence-electron chi connectivity index (χ2n) is 3.38. The lowest BCUT2D eigenvalue weighted by molar-refractivity contribution is 0.102. The number of nitrogens with one attached hydrogen (secondary N) is 1. The van der Waals surface area contributed by atoms with E-state index >= 15 is 0 Å². The van der Waals surface area contributed by atoms with Gasteiger partial charge in [0.15, 0.2) is 0 Å². The molecule has 0 atom stereocenters. The van der Waals surface area contributed by atoms with Gasteiger partial charge in [0.25, 0.3) is 5.91 Å². The summed E-state index contributed by atoms with van der Waals surface area (Å²) in [7, 11) is 0. The molecule has 2 heterocycles. The number of aromatic nitrogens is 2. The molecule has 7 heteroatoms. The van der Waals surface area contributed by atoms with Gasteiger partial charge in [-0.3, -0.25) is 4.79 Å². The molecule has 5 nitrogen and oxygen atoms in total. The van der Waals surface area contributed by atoms with E-state index in [0.29, 0.717) is 5.82 Å². The molecule has 0 saturated carbocycles. The standard InChI is InChI=1S/C11H8BrClN4O/c12-6-1-4-9(15-5-6)17-11(18)10-7(13)2-3-8(14)16-10/h1-5H,(H2,14,16)(H,15,17,18). The highest BCUT2D eigenvalue weighted by atomic mass is 79.9. The molecule has 0 aromatic carbocycles. The minimum absolute atomic E-state index is 0.0707.